The summed E-state index contributed by atoms with van der Waals surface area (Å²) in [4.78, 5) is 0. The number of hydrogen-bond acceptors (Lipinski definition) is 4. The predicted octanol–water partition coefficient (Wildman–Crippen LogP) is 3.70. The zero-order chi connectivity index (χ0) is 20.3. The van der Waals surface area contributed by atoms with Crippen LogP contribution in [-0.2, 0) is 15.8 Å². The highest BCUT2D eigenvalue weighted by atomic mass is 32.2. The summed E-state index contributed by atoms with van der Waals surface area (Å²) < 4.78 is 40.5. The molecule has 156 valence electrons. The van der Waals surface area contributed by atoms with Gasteiger partial charge in [-0.2, -0.15) is 4.72 Å². The first-order valence-corrected chi connectivity index (χ1v) is 11.5. The molecule has 5 nitrogen and oxygen atoms in total. The summed E-state index contributed by atoms with van der Waals surface area (Å²) in [5, 5.41) is 13.7. The van der Waals surface area contributed by atoms with Gasteiger partial charge in [0.2, 0.25) is 10.0 Å². The lowest BCUT2D eigenvalue weighted by molar-refractivity contribution is -0.0149. The molecule has 7 heteroatoms. The second kappa shape index (κ2) is 11.7. The van der Waals surface area contributed by atoms with E-state index < -0.39 is 22.0 Å². The fourth-order valence-corrected chi connectivity index (χ4v) is 4.65. The predicted molar refractivity (Wildman–Crippen MR) is 108 cm³/mol. The molecule has 0 spiro atoms. The van der Waals surface area contributed by atoms with Crippen LogP contribution in [0.2, 0.25) is 0 Å². The van der Waals surface area contributed by atoms with Crippen LogP contribution >= 0.6 is 0 Å². The minimum Gasteiger partial charge on any atom is -0.362 e. The van der Waals surface area contributed by atoms with Crippen molar-refractivity contribution in [1.82, 2.24) is 10.0 Å². The van der Waals surface area contributed by atoms with E-state index in [1.165, 1.54) is 0 Å². The fraction of sp³-hybridized carbons (Fsp3) is 0.700. The average molecular weight is 403 g/mol. The number of aliphatic hydroxyl groups is 1. The van der Waals surface area contributed by atoms with Crippen molar-refractivity contribution in [2.75, 3.05) is 6.54 Å². The van der Waals surface area contributed by atoms with Crippen molar-refractivity contribution in [2.45, 2.75) is 77.1 Å². The zero-order valence-corrected chi connectivity index (χ0v) is 17.6. The number of halogens is 1. The Balaban J connectivity index is 2.58. The van der Waals surface area contributed by atoms with Gasteiger partial charge < -0.3 is 5.11 Å². The van der Waals surface area contributed by atoms with Gasteiger partial charge in [0.25, 0.3) is 0 Å². The van der Waals surface area contributed by atoms with E-state index in [-0.39, 0.29) is 12.2 Å². The Bertz CT molecular complexity index is 625. The van der Waals surface area contributed by atoms with Crippen LogP contribution in [-0.4, -0.2) is 32.1 Å². The summed E-state index contributed by atoms with van der Waals surface area (Å²) >= 11 is 0. The smallest absolute Gasteiger partial charge is 0.219 e. The molecule has 0 aliphatic carbocycles. The summed E-state index contributed by atoms with van der Waals surface area (Å²) in [5.74, 6) is -1.55. The third-order valence-electron chi connectivity index (χ3n) is 4.58. The molecule has 0 saturated carbocycles. The van der Waals surface area contributed by atoms with E-state index in [1.54, 1.807) is 31.2 Å². The molecule has 0 fully saturated rings. The lowest BCUT2D eigenvalue weighted by Crippen LogP contribution is -2.59. The Labute approximate surface area is 163 Å². The molecule has 1 aromatic rings. The van der Waals surface area contributed by atoms with Crippen molar-refractivity contribution < 1.29 is 17.9 Å². The third-order valence-corrected chi connectivity index (χ3v) is 5.94. The molecule has 27 heavy (non-hydrogen) atoms. The minimum absolute atomic E-state index is 0.187. The van der Waals surface area contributed by atoms with Crippen molar-refractivity contribution >= 4 is 10.0 Å². The molecule has 3 atom stereocenters. The molecule has 3 N–H and O–H groups in total. The van der Waals surface area contributed by atoms with Gasteiger partial charge in [-0.15, -0.1) is 0 Å². The van der Waals surface area contributed by atoms with Crippen LogP contribution < -0.4 is 10.0 Å². The highest BCUT2D eigenvalue weighted by Crippen LogP contribution is 2.19. The Morgan fingerprint density at radius 3 is 2.44 bits per heavy atom. The van der Waals surface area contributed by atoms with Crippen LogP contribution in [0.5, 0.6) is 0 Å². The minimum atomic E-state index is -3.70. The van der Waals surface area contributed by atoms with E-state index in [0.717, 1.165) is 19.3 Å². The standard InChI is InChI=1S/C20H35FN2O3S/c1-4-13-20(24,22-14-9-12-18(5-2)15-17(3)21)23-27(25,26)16-19-10-7-6-8-11-19/h6-8,10-11,17-18,22-24H,4-5,9,12-16H2,1-3H3. The molecule has 3 unspecified atom stereocenters. The normalized spacial score (nSPS) is 16.6. The number of sulfonamides is 1. The summed E-state index contributed by atoms with van der Waals surface area (Å²) in [6.45, 7) is 5.96. The summed E-state index contributed by atoms with van der Waals surface area (Å²) in [6.07, 6.45) is 3.11. The van der Waals surface area contributed by atoms with Crippen LogP contribution in [0.15, 0.2) is 30.3 Å². The van der Waals surface area contributed by atoms with Crippen molar-refractivity contribution in [3.05, 3.63) is 35.9 Å². The first-order chi connectivity index (χ1) is 12.7. The maximum Gasteiger partial charge on any atom is 0.219 e. The van der Waals surface area contributed by atoms with Crippen molar-refractivity contribution in [3.8, 4) is 0 Å². The summed E-state index contributed by atoms with van der Waals surface area (Å²) in [7, 11) is -3.70. The SMILES string of the molecule is CCCC(O)(NCCCC(CC)CC(C)F)NS(=O)(=O)Cc1ccccc1. The van der Waals surface area contributed by atoms with Crippen LogP contribution in [0, 0.1) is 5.92 Å². The van der Waals surface area contributed by atoms with Gasteiger partial charge in [-0.3, -0.25) is 5.32 Å². The molecule has 0 bridgehead atoms. The second-order valence-electron chi connectivity index (χ2n) is 7.32. The summed E-state index contributed by atoms with van der Waals surface area (Å²) in [5.41, 5.74) is 0.662. The Morgan fingerprint density at radius 1 is 1.22 bits per heavy atom. The Kier molecular flexibility index (Phi) is 10.4. The molecule has 0 amide bonds. The van der Waals surface area contributed by atoms with Gasteiger partial charge in [-0.1, -0.05) is 57.0 Å². The number of nitrogens with one attached hydrogen (secondary N) is 2. The molecule has 0 aliphatic rings. The second-order valence-corrected chi connectivity index (χ2v) is 9.04. The molecule has 1 rings (SSSR count). The molecule has 0 aliphatic heterocycles. The molecule has 0 aromatic heterocycles. The first-order valence-electron chi connectivity index (χ1n) is 9.86. The number of alkyl halides is 1. The van der Waals surface area contributed by atoms with Gasteiger partial charge in [-0.25, -0.2) is 12.8 Å². The van der Waals surface area contributed by atoms with Crippen LogP contribution in [0.25, 0.3) is 0 Å². The Morgan fingerprint density at radius 2 is 1.89 bits per heavy atom. The van der Waals surface area contributed by atoms with Crippen LogP contribution in [0.4, 0.5) is 4.39 Å². The Hall–Kier alpha value is -1.02. The van der Waals surface area contributed by atoms with Gasteiger partial charge in [0.05, 0.1) is 11.9 Å². The highest BCUT2D eigenvalue weighted by Gasteiger charge is 2.30. The quantitative estimate of drug-likeness (QED) is 0.327. The molecule has 1 aromatic carbocycles. The number of benzene rings is 1. The molecular formula is C20H35FN2O3S. The monoisotopic (exact) mass is 402 g/mol. The van der Waals surface area contributed by atoms with E-state index in [1.807, 2.05) is 19.9 Å². The maximum atomic E-state index is 13.2. The van der Waals surface area contributed by atoms with Crippen molar-refractivity contribution in [3.63, 3.8) is 0 Å². The van der Waals surface area contributed by atoms with E-state index in [0.29, 0.717) is 30.9 Å². The van der Waals surface area contributed by atoms with Crippen molar-refractivity contribution in [2.24, 2.45) is 5.92 Å². The molecule has 0 saturated heterocycles. The highest BCUT2D eigenvalue weighted by molar-refractivity contribution is 7.88. The van der Waals surface area contributed by atoms with E-state index >= 15 is 0 Å². The molecule has 0 radical (unpaired) electrons. The molecule has 0 heterocycles. The van der Waals surface area contributed by atoms with Crippen LogP contribution in [0.1, 0.15) is 64.9 Å². The number of rotatable bonds is 14. The summed E-state index contributed by atoms with van der Waals surface area (Å²) in [6, 6.07) is 8.86. The van der Waals surface area contributed by atoms with E-state index in [4.69, 9.17) is 0 Å². The van der Waals surface area contributed by atoms with Crippen LogP contribution in [0.3, 0.4) is 0 Å². The zero-order valence-electron chi connectivity index (χ0n) is 16.7. The lowest BCUT2D eigenvalue weighted by Gasteiger charge is -2.30. The van der Waals surface area contributed by atoms with E-state index in [2.05, 4.69) is 10.0 Å². The molecular weight excluding hydrogens is 367 g/mol. The van der Waals surface area contributed by atoms with Gasteiger partial charge in [-0.05, 0) is 44.2 Å². The largest absolute Gasteiger partial charge is 0.362 e. The van der Waals surface area contributed by atoms with Gasteiger partial charge in [0.15, 0.2) is 5.85 Å². The van der Waals surface area contributed by atoms with Crippen molar-refractivity contribution in [1.29, 1.82) is 0 Å². The van der Waals surface area contributed by atoms with Gasteiger partial charge >= 0.3 is 0 Å². The third kappa shape index (κ3) is 10.2. The van der Waals surface area contributed by atoms with Gasteiger partial charge in [0, 0.05) is 6.42 Å². The number of hydrogen-bond donors (Lipinski definition) is 3. The average Bonchev–Trinajstić information content (AvgIpc) is 2.57. The first kappa shape index (κ1) is 24.0. The fourth-order valence-electron chi connectivity index (χ4n) is 3.26. The lowest BCUT2D eigenvalue weighted by atomic mass is 9.94. The topological polar surface area (TPSA) is 78.4 Å². The van der Waals surface area contributed by atoms with E-state index in [9.17, 15) is 17.9 Å². The maximum absolute atomic E-state index is 13.2. The van der Waals surface area contributed by atoms with Gasteiger partial charge in [0.1, 0.15) is 0 Å².